The molecule has 0 saturated carbocycles. The van der Waals surface area contributed by atoms with Gasteiger partial charge < -0.3 is 130 Å². The van der Waals surface area contributed by atoms with Gasteiger partial charge in [-0.25, -0.2) is 0 Å². The fourth-order valence-electron chi connectivity index (χ4n) is 7.30. The third kappa shape index (κ3) is 10.3. The maximum Gasteiger partial charge on any atom is 0.217 e. The maximum absolute atomic E-state index is 12.1. The first-order valence-electron chi connectivity index (χ1n) is 18.6. The number of hydrogen-bond acceptors (Lipinski definition) is 26. The molecule has 344 valence electrons. The van der Waals surface area contributed by atoms with E-state index in [1.807, 2.05) is 0 Å². The molecular formula is C32H55NO26. The van der Waals surface area contributed by atoms with Crippen LogP contribution in [0.3, 0.4) is 0 Å². The lowest BCUT2D eigenvalue weighted by atomic mass is 9.95. The number of hydrogen-bond donors (Lipinski definition) is 17. The molecule has 5 aliphatic rings. The van der Waals surface area contributed by atoms with E-state index >= 15 is 0 Å². The quantitative estimate of drug-likeness (QED) is 0.0770. The number of amides is 1. The molecule has 5 saturated heterocycles. The summed E-state index contributed by atoms with van der Waals surface area (Å²) < 4.78 is 51.1. The lowest BCUT2D eigenvalue weighted by Crippen LogP contribution is -2.69. The van der Waals surface area contributed by atoms with E-state index < -0.39 is 192 Å². The fraction of sp³-hybridized carbons (Fsp3) is 0.969. The summed E-state index contributed by atoms with van der Waals surface area (Å²) in [5.41, 5.74) is 0. The summed E-state index contributed by atoms with van der Waals surface area (Å²) in [6.07, 6.45) is -45.6. The topological polar surface area (TPSA) is 436 Å². The van der Waals surface area contributed by atoms with E-state index in [4.69, 9.17) is 42.6 Å². The molecule has 27 heteroatoms. The van der Waals surface area contributed by atoms with Crippen LogP contribution in [0.4, 0.5) is 0 Å². The van der Waals surface area contributed by atoms with E-state index in [9.17, 15) is 86.5 Å². The summed E-state index contributed by atoms with van der Waals surface area (Å²) in [5, 5.41) is 170. The zero-order chi connectivity index (χ0) is 43.6. The third-order valence-corrected chi connectivity index (χ3v) is 10.7. The minimum absolute atomic E-state index is 0.767. The van der Waals surface area contributed by atoms with Crippen molar-refractivity contribution in [3.8, 4) is 0 Å². The molecule has 25 atom stereocenters. The molecule has 5 aliphatic heterocycles. The second-order valence-electron chi connectivity index (χ2n) is 14.7. The van der Waals surface area contributed by atoms with Gasteiger partial charge in [-0.3, -0.25) is 4.79 Å². The minimum atomic E-state index is -2.22. The molecule has 5 fully saturated rings. The summed E-state index contributed by atoms with van der Waals surface area (Å²) in [6, 6.07) is -1.62. The molecule has 0 spiro atoms. The second-order valence-corrected chi connectivity index (χ2v) is 14.7. The number of ether oxygens (including phenoxy) is 9. The van der Waals surface area contributed by atoms with Gasteiger partial charge in [0.15, 0.2) is 31.5 Å². The summed E-state index contributed by atoms with van der Waals surface area (Å²) in [4.78, 5) is 12.1. The van der Waals surface area contributed by atoms with Crippen molar-refractivity contribution in [1.82, 2.24) is 5.32 Å². The van der Waals surface area contributed by atoms with Crippen LogP contribution in [0.15, 0.2) is 0 Å². The van der Waals surface area contributed by atoms with Crippen molar-refractivity contribution in [2.24, 2.45) is 0 Å². The van der Waals surface area contributed by atoms with Crippen molar-refractivity contribution >= 4 is 5.91 Å². The van der Waals surface area contributed by atoms with E-state index in [1.54, 1.807) is 0 Å². The lowest BCUT2D eigenvalue weighted by molar-refractivity contribution is -0.398. The minimum Gasteiger partial charge on any atom is -0.394 e. The molecule has 5 rings (SSSR count). The van der Waals surface area contributed by atoms with Gasteiger partial charge in [0.1, 0.15) is 122 Å². The first kappa shape index (κ1) is 48.5. The predicted molar refractivity (Wildman–Crippen MR) is 178 cm³/mol. The fourth-order valence-corrected chi connectivity index (χ4v) is 7.30. The van der Waals surface area contributed by atoms with E-state index in [2.05, 4.69) is 5.32 Å². The molecule has 59 heavy (non-hydrogen) atoms. The van der Waals surface area contributed by atoms with Gasteiger partial charge in [-0.1, -0.05) is 0 Å². The summed E-state index contributed by atoms with van der Waals surface area (Å²) >= 11 is 0. The Morgan fingerprint density at radius 2 is 0.864 bits per heavy atom. The summed E-state index contributed by atoms with van der Waals surface area (Å²) in [5.74, 6) is -0.767. The molecule has 1 amide bonds. The number of aliphatic hydroxyl groups is 16. The van der Waals surface area contributed by atoms with Gasteiger partial charge in [0, 0.05) is 6.92 Å². The van der Waals surface area contributed by atoms with Gasteiger partial charge in [-0.05, 0) is 0 Å². The smallest absolute Gasteiger partial charge is 0.217 e. The number of carbonyl (C=O) groups excluding carboxylic acids is 1. The van der Waals surface area contributed by atoms with Crippen LogP contribution in [0, 0.1) is 0 Å². The highest BCUT2D eigenvalue weighted by Gasteiger charge is 2.57. The molecule has 0 aromatic heterocycles. The molecule has 0 bridgehead atoms. The monoisotopic (exact) mass is 869 g/mol. The largest absolute Gasteiger partial charge is 0.394 e. The molecule has 0 aromatic rings. The summed E-state index contributed by atoms with van der Waals surface area (Å²) in [7, 11) is 0. The molecule has 17 N–H and O–H groups in total. The van der Waals surface area contributed by atoms with Crippen molar-refractivity contribution in [2.75, 3.05) is 33.0 Å². The van der Waals surface area contributed by atoms with Gasteiger partial charge in [-0.2, -0.15) is 0 Å². The van der Waals surface area contributed by atoms with Crippen molar-refractivity contribution in [2.45, 2.75) is 160 Å². The van der Waals surface area contributed by atoms with Crippen LogP contribution in [0.1, 0.15) is 6.92 Å². The van der Waals surface area contributed by atoms with Crippen molar-refractivity contribution in [3.63, 3.8) is 0 Å². The van der Waals surface area contributed by atoms with Crippen LogP contribution in [0.25, 0.3) is 0 Å². The Hall–Kier alpha value is -1.53. The highest BCUT2D eigenvalue weighted by molar-refractivity contribution is 5.73. The first-order valence-corrected chi connectivity index (χ1v) is 18.6. The molecule has 27 nitrogen and oxygen atoms in total. The molecule has 0 aliphatic carbocycles. The Balaban J connectivity index is 1.51. The second kappa shape index (κ2) is 20.8. The molecule has 0 unspecified atom stereocenters. The van der Waals surface area contributed by atoms with E-state index in [0.717, 1.165) is 6.92 Å². The highest BCUT2D eigenvalue weighted by atomic mass is 16.8. The van der Waals surface area contributed by atoms with Crippen LogP contribution < -0.4 is 5.32 Å². The normalized spacial score (nSPS) is 51.0. The van der Waals surface area contributed by atoms with E-state index in [1.165, 1.54) is 0 Å². The van der Waals surface area contributed by atoms with Gasteiger partial charge in [0.05, 0.1) is 33.0 Å². The number of aliphatic hydroxyl groups excluding tert-OH is 16. The Kier molecular flexibility index (Phi) is 17.1. The van der Waals surface area contributed by atoms with Gasteiger partial charge >= 0.3 is 0 Å². The van der Waals surface area contributed by atoms with Crippen LogP contribution in [0.2, 0.25) is 0 Å². The van der Waals surface area contributed by atoms with Gasteiger partial charge in [0.2, 0.25) is 5.91 Å². The Labute approximate surface area is 333 Å². The van der Waals surface area contributed by atoms with Gasteiger partial charge in [0.25, 0.3) is 0 Å². The van der Waals surface area contributed by atoms with Crippen molar-refractivity contribution in [1.29, 1.82) is 0 Å². The average molecular weight is 870 g/mol. The standard InChI is InChI=1S/C32H55NO26/c1-7(38)33-13-18(43)14(39)8(2-34)53-29(13)59-27-21(46)17(42)11(5-37)56-32(27)57-25-12(6-51-30-22(47)19(44)15(40)9(3-35)54-30)52-28(50)24(49)26(25)58-31-23(48)20(45)16(41)10(4-36)55-31/h8-32,34-37,39-50H,2-6H2,1H3,(H,33,38)/t8-,9-,10-,11-,12-,13-,14-,15-,16-,17-,18-,19+,20+,21+,22-,23-,24-,25-,26-,27-,28+,29-,30-,31+,32+/m1/s1. The first-order chi connectivity index (χ1) is 27.9. The SMILES string of the molecule is CC(=O)N[C@H]1[C@@H](O[C@H]2[C@H](O[C@H]3[C@H](O[C@@H]4O[C@H](CO)[C@@H](O)[C@H](O)[C@H]4O)[C@@H](O)[C@@H](O)O[C@@H]3CO[C@@H]3O[C@H](CO)[C@@H](O)[C@H](O)[C@H]3O)O[C@H](CO)[C@@H](O)[C@@H]2O)O[C@H](CO)[C@@H](O)[C@@H]1O. The maximum atomic E-state index is 12.1. The number of carbonyl (C=O) groups is 1. The molecule has 0 aromatic carbocycles. The predicted octanol–water partition coefficient (Wildman–Crippen LogP) is -11.8. The van der Waals surface area contributed by atoms with Crippen molar-refractivity contribution < 1.29 is 129 Å². The van der Waals surface area contributed by atoms with Crippen molar-refractivity contribution in [3.05, 3.63) is 0 Å². The zero-order valence-electron chi connectivity index (χ0n) is 31.2. The summed E-state index contributed by atoms with van der Waals surface area (Å²) in [6.45, 7) is -3.47. The Morgan fingerprint density at radius 3 is 1.39 bits per heavy atom. The van der Waals surface area contributed by atoms with E-state index in [-0.39, 0.29) is 0 Å². The zero-order valence-corrected chi connectivity index (χ0v) is 31.2. The average Bonchev–Trinajstić information content (AvgIpc) is 3.21. The van der Waals surface area contributed by atoms with E-state index in [0.29, 0.717) is 0 Å². The molecule has 5 heterocycles. The molecular weight excluding hydrogens is 814 g/mol. The molecule has 0 radical (unpaired) electrons. The number of nitrogens with one attached hydrogen (secondary N) is 1. The lowest BCUT2D eigenvalue weighted by Gasteiger charge is -2.50. The van der Waals surface area contributed by atoms with Crippen LogP contribution in [0.5, 0.6) is 0 Å². The third-order valence-electron chi connectivity index (χ3n) is 10.7. The van der Waals surface area contributed by atoms with Crippen LogP contribution in [-0.4, -0.2) is 274 Å². The van der Waals surface area contributed by atoms with Crippen LogP contribution >= 0.6 is 0 Å². The Morgan fingerprint density at radius 1 is 0.441 bits per heavy atom. The highest BCUT2D eigenvalue weighted by Crippen LogP contribution is 2.36. The number of rotatable bonds is 14. The van der Waals surface area contributed by atoms with Gasteiger partial charge in [-0.15, -0.1) is 0 Å². The van der Waals surface area contributed by atoms with Crippen LogP contribution in [-0.2, 0) is 47.4 Å². The Bertz CT molecular complexity index is 1320.